The topological polar surface area (TPSA) is 36.9 Å². The molecule has 0 radical (unpaired) electrons. The summed E-state index contributed by atoms with van der Waals surface area (Å²) in [4.78, 5) is 0. The van der Waals surface area contributed by atoms with Gasteiger partial charge in [-0.3, -0.25) is 0 Å². The van der Waals surface area contributed by atoms with Crippen LogP contribution in [0.25, 0.3) is 33.4 Å². The Kier molecular flexibility index (Phi) is 10.1. The van der Waals surface area contributed by atoms with Crippen molar-refractivity contribution >= 4 is 0 Å². The Morgan fingerprint density at radius 2 is 0.646 bits per heavy atom. The highest BCUT2D eigenvalue weighted by Crippen LogP contribution is 2.51. The van der Waals surface area contributed by atoms with Crippen LogP contribution in [-0.4, -0.2) is 28.4 Å². The molecule has 0 amide bonds. The summed E-state index contributed by atoms with van der Waals surface area (Å²) in [5.74, 6) is 3.46. The molecule has 0 aliphatic rings. The van der Waals surface area contributed by atoms with E-state index < -0.39 is 0 Å². The molecule has 48 heavy (non-hydrogen) atoms. The van der Waals surface area contributed by atoms with Crippen molar-refractivity contribution in [3.8, 4) is 56.4 Å². The summed E-state index contributed by atoms with van der Waals surface area (Å²) in [6, 6.07) is 21.8. The Morgan fingerprint density at radius 1 is 0.375 bits per heavy atom. The van der Waals surface area contributed by atoms with Crippen LogP contribution < -0.4 is 18.9 Å². The van der Waals surface area contributed by atoms with E-state index in [1.807, 2.05) is 12.1 Å². The Balaban J connectivity index is 2.22. The third-order valence-electron chi connectivity index (χ3n) is 9.18. The van der Waals surface area contributed by atoms with E-state index in [-0.39, 0.29) is 21.7 Å². The monoisotopic (exact) mass is 650 g/mol. The summed E-state index contributed by atoms with van der Waals surface area (Å²) in [7, 11) is 7.06. The maximum Gasteiger partial charge on any atom is 0.127 e. The zero-order valence-corrected chi connectivity index (χ0v) is 32.4. The molecule has 4 nitrogen and oxygen atoms in total. The summed E-state index contributed by atoms with van der Waals surface area (Å²) < 4.78 is 24.6. The SMILES string of the molecule is COc1cccc(-c2cc(C(C)(C)C)c(OC)c(C(C)(C)C)c2)c1-c1c(OC)cccc1-c1cc(C(C)(C)C)c(OC)c(C(C)(C)C)c1. The first-order valence-corrected chi connectivity index (χ1v) is 17.0. The van der Waals surface area contributed by atoms with Gasteiger partial charge in [-0.1, -0.05) is 107 Å². The molecule has 0 fully saturated rings. The lowest BCUT2D eigenvalue weighted by Crippen LogP contribution is -2.19. The molecule has 0 saturated heterocycles. The molecule has 0 saturated carbocycles. The second-order valence-electron chi connectivity index (χ2n) is 17.0. The number of methoxy groups -OCH3 is 4. The summed E-state index contributed by atoms with van der Waals surface area (Å²) in [5, 5.41) is 0. The van der Waals surface area contributed by atoms with E-state index in [1.54, 1.807) is 28.4 Å². The molecule has 0 bridgehead atoms. The average molecular weight is 651 g/mol. The Bertz CT molecular complexity index is 1580. The zero-order chi connectivity index (χ0) is 36.0. The molecule has 0 aliphatic heterocycles. The second kappa shape index (κ2) is 13.2. The minimum atomic E-state index is -0.147. The van der Waals surface area contributed by atoms with E-state index in [9.17, 15) is 0 Å². The fourth-order valence-electron chi connectivity index (χ4n) is 6.64. The summed E-state index contributed by atoms with van der Waals surface area (Å²) in [6.07, 6.45) is 0. The van der Waals surface area contributed by atoms with Gasteiger partial charge in [-0.15, -0.1) is 0 Å². The zero-order valence-electron chi connectivity index (χ0n) is 32.4. The van der Waals surface area contributed by atoms with Crippen molar-refractivity contribution in [2.75, 3.05) is 28.4 Å². The van der Waals surface area contributed by atoms with Crippen LogP contribution in [0.1, 0.15) is 105 Å². The Morgan fingerprint density at radius 3 is 0.854 bits per heavy atom. The van der Waals surface area contributed by atoms with Crippen molar-refractivity contribution in [3.05, 3.63) is 82.9 Å². The summed E-state index contributed by atoms with van der Waals surface area (Å²) in [5.41, 5.74) is 10.4. The largest absolute Gasteiger partial charge is 0.496 e. The first-order chi connectivity index (χ1) is 22.2. The maximum absolute atomic E-state index is 6.18. The van der Waals surface area contributed by atoms with Crippen LogP contribution in [-0.2, 0) is 21.7 Å². The van der Waals surface area contributed by atoms with E-state index in [0.717, 1.165) is 56.4 Å². The van der Waals surface area contributed by atoms with Gasteiger partial charge in [-0.25, -0.2) is 0 Å². The molecule has 0 aromatic heterocycles. The predicted octanol–water partition coefficient (Wildman–Crippen LogP) is 11.9. The fraction of sp³-hybridized carbons (Fsp3) is 0.455. The highest BCUT2D eigenvalue weighted by molar-refractivity contribution is 5.98. The number of rotatable bonds is 7. The van der Waals surface area contributed by atoms with E-state index in [0.29, 0.717) is 0 Å². The predicted molar refractivity (Wildman–Crippen MR) is 204 cm³/mol. The average Bonchev–Trinajstić information content (AvgIpc) is 3.00. The summed E-state index contributed by atoms with van der Waals surface area (Å²) >= 11 is 0. The molecule has 0 unspecified atom stereocenters. The van der Waals surface area contributed by atoms with Crippen molar-refractivity contribution in [3.63, 3.8) is 0 Å². The maximum atomic E-state index is 6.18. The first kappa shape index (κ1) is 36.9. The van der Waals surface area contributed by atoms with Crippen LogP contribution in [0.5, 0.6) is 23.0 Å². The van der Waals surface area contributed by atoms with Gasteiger partial charge in [0.1, 0.15) is 23.0 Å². The minimum Gasteiger partial charge on any atom is -0.496 e. The normalized spacial score (nSPS) is 12.6. The van der Waals surface area contributed by atoms with Crippen LogP contribution in [0.2, 0.25) is 0 Å². The summed E-state index contributed by atoms with van der Waals surface area (Å²) in [6.45, 7) is 26.9. The van der Waals surface area contributed by atoms with Crippen LogP contribution in [0, 0.1) is 0 Å². The second-order valence-corrected chi connectivity index (χ2v) is 17.0. The standard InChI is InChI=1S/C44H58O4/c1-41(2,3)31-23-27(24-32(39(31)47-15)42(4,5)6)29-19-17-21-35(45-13)37(29)38-30(20-18-22-36(38)46-14)28-25-33(43(7,8)9)40(48-16)34(26-28)44(10,11)12/h17-26H,1-16H3. The third kappa shape index (κ3) is 7.09. The molecule has 0 atom stereocenters. The molecule has 0 N–H and O–H groups in total. The lowest BCUT2D eigenvalue weighted by molar-refractivity contribution is 0.381. The van der Waals surface area contributed by atoms with Crippen LogP contribution in [0.4, 0.5) is 0 Å². The molecule has 258 valence electrons. The minimum absolute atomic E-state index is 0.147. The van der Waals surface area contributed by atoms with Crippen LogP contribution in [0.3, 0.4) is 0 Å². The lowest BCUT2D eigenvalue weighted by Gasteiger charge is -2.31. The van der Waals surface area contributed by atoms with Gasteiger partial charge in [0, 0.05) is 33.4 Å². The van der Waals surface area contributed by atoms with Gasteiger partial charge in [0.05, 0.1) is 28.4 Å². The highest BCUT2D eigenvalue weighted by Gasteiger charge is 2.31. The number of ether oxygens (including phenoxy) is 4. The molecule has 0 aliphatic carbocycles. The number of hydrogen-bond acceptors (Lipinski definition) is 4. The quantitative estimate of drug-likeness (QED) is 0.199. The van der Waals surface area contributed by atoms with Gasteiger partial charge >= 0.3 is 0 Å². The molecule has 4 heteroatoms. The van der Waals surface area contributed by atoms with Crippen molar-refractivity contribution in [2.45, 2.75) is 105 Å². The highest BCUT2D eigenvalue weighted by atomic mass is 16.5. The van der Waals surface area contributed by atoms with Gasteiger partial charge in [-0.05, 0) is 80.3 Å². The van der Waals surface area contributed by atoms with E-state index in [2.05, 4.69) is 132 Å². The van der Waals surface area contributed by atoms with Gasteiger partial charge < -0.3 is 18.9 Å². The fourth-order valence-corrected chi connectivity index (χ4v) is 6.64. The van der Waals surface area contributed by atoms with Crippen molar-refractivity contribution in [1.82, 2.24) is 0 Å². The number of hydrogen-bond donors (Lipinski definition) is 0. The lowest BCUT2D eigenvalue weighted by atomic mass is 9.76. The van der Waals surface area contributed by atoms with Gasteiger partial charge in [0.2, 0.25) is 0 Å². The van der Waals surface area contributed by atoms with E-state index >= 15 is 0 Å². The van der Waals surface area contributed by atoms with Crippen LogP contribution in [0.15, 0.2) is 60.7 Å². The molecular formula is C44H58O4. The van der Waals surface area contributed by atoms with Crippen molar-refractivity contribution < 1.29 is 18.9 Å². The van der Waals surface area contributed by atoms with E-state index in [1.165, 1.54) is 22.3 Å². The Labute approximate surface area is 290 Å². The van der Waals surface area contributed by atoms with Gasteiger partial charge in [-0.2, -0.15) is 0 Å². The molecule has 0 heterocycles. The Hall–Kier alpha value is -3.92. The number of benzene rings is 4. The smallest absolute Gasteiger partial charge is 0.127 e. The van der Waals surface area contributed by atoms with Gasteiger partial charge in [0.15, 0.2) is 0 Å². The molecule has 4 aromatic rings. The molecule has 0 spiro atoms. The molecule has 4 aromatic carbocycles. The van der Waals surface area contributed by atoms with Crippen LogP contribution >= 0.6 is 0 Å². The third-order valence-corrected chi connectivity index (χ3v) is 9.18. The molecule has 4 rings (SSSR count). The molecular weight excluding hydrogens is 592 g/mol. The van der Waals surface area contributed by atoms with Gasteiger partial charge in [0.25, 0.3) is 0 Å². The van der Waals surface area contributed by atoms with Crippen molar-refractivity contribution in [2.24, 2.45) is 0 Å². The first-order valence-electron chi connectivity index (χ1n) is 17.0. The van der Waals surface area contributed by atoms with Crippen molar-refractivity contribution in [1.29, 1.82) is 0 Å². The van der Waals surface area contributed by atoms with E-state index in [4.69, 9.17) is 18.9 Å².